The van der Waals surface area contributed by atoms with E-state index in [-0.39, 0.29) is 5.75 Å². The van der Waals surface area contributed by atoms with E-state index >= 15 is 0 Å². The molecule has 0 saturated heterocycles. The van der Waals surface area contributed by atoms with Crippen molar-refractivity contribution in [1.29, 1.82) is 0 Å². The maximum absolute atomic E-state index is 12.4. The molecule has 2 aromatic carbocycles. The van der Waals surface area contributed by atoms with Crippen LogP contribution in [0.5, 0.6) is 23.0 Å². The molecule has 0 fully saturated rings. The Hall–Kier alpha value is -3.22. The highest BCUT2D eigenvalue weighted by molar-refractivity contribution is 6.02. The third kappa shape index (κ3) is 4.00. The van der Waals surface area contributed by atoms with Crippen molar-refractivity contribution < 1.29 is 24.1 Å². The summed E-state index contributed by atoms with van der Waals surface area (Å²) >= 11 is 0. The van der Waals surface area contributed by atoms with Crippen molar-refractivity contribution in [2.24, 2.45) is 5.10 Å². The van der Waals surface area contributed by atoms with Gasteiger partial charge in [0.2, 0.25) is 5.75 Å². The summed E-state index contributed by atoms with van der Waals surface area (Å²) in [6.45, 7) is 1.69. The molecular weight excluding hydrogens is 324 g/mol. The number of hydrogen-bond acceptors (Lipinski definition) is 6. The summed E-state index contributed by atoms with van der Waals surface area (Å²) in [5.74, 6) is 0.775. The highest BCUT2D eigenvalue weighted by Gasteiger charge is 2.17. The van der Waals surface area contributed by atoms with Crippen LogP contribution in [0.1, 0.15) is 22.8 Å². The molecule has 0 aromatic heterocycles. The van der Waals surface area contributed by atoms with E-state index in [9.17, 15) is 9.90 Å². The number of hydrazone groups is 1. The highest BCUT2D eigenvalue weighted by atomic mass is 16.5. The fraction of sp³-hybridized carbons (Fsp3) is 0.222. The molecule has 0 aliphatic rings. The lowest BCUT2D eigenvalue weighted by molar-refractivity contribution is 0.0954. The number of phenolic OH excluding ortho intramolecular Hbond substituents is 1. The van der Waals surface area contributed by atoms with Gasteiger partial charge in [0, 0.05) is 11.1 Å². The van der Waals surface area contributed by atoms with Crippen LogP contribution in [0, 0.1) is 0 Å². The number of nitrogens with one attached hydrogen (secondary N) is 1. The number of para-hydroxylation sites is 1. The molecule has 2 aromatic rings. The summed E-state index contributed by atoms with van der Waals surface area (Å²) in [6, 6.07) is 9.80. The zero-order valence-electron chi connectivity index (χ0n) is 14.5. The second-order valence-corrected chi connectivity index (χ2v) is 5.07. The van der Waals surface area contributed by atoms with E-state index < -0.39 is 5.91 Å². The maximum Gasteiger partial charge on any atom is 0.271 e. The fourth-order valence-electron chi connectivity index (χ4n) is 2.25. The summed E-state index contributed by atoms with van der Waals surface area (Å²) in [6.07, 6.45) is 0. The molecule has 0 unspecified atom stereocenters. The van der Waals surface area contributed by atoms with Gasteiger partial charge in [-0.1, -0.05) is 12.1 Å². The van der Waals surface area contributed by atoms with Crippen LogP contribution in [0.3, 0.4) is 0 Å². The van der Waals surface area contributed by atoms with Gasteiger partial charge < -0.3 is 19.3 Å². The Labute approximate surface area is 145 Å². The Morgan fingerprint density at radius 1 is 1.04 bits per heavy atom. The van der Waals surface area contributed by atoms with Crippen molar-refractivity contribution in [2.45, 2.75) is 6.92 Å². The van der Waals surface area contributed by atoms with Gasteiger partial charge in [0.15, 0.2) is 11.5 Å². The van der Waals surface area contributed by atoms with E-state index in [1.165, 1.54) is 33.5 Å². The molecule has 2 rings (SSSR count). The summed E-state index contributed by atoms with van der Waals surface area (Å²) in [4.78, 5) is 12.4. The largest absolute Gasteiger partial charge is 0.507 e. The van der Waals surface area contributed by atoms with Crippen LogP contribution < -0.4 is 19.6 Å². The zero-order chi connectivity index (χ0) is 18.4. The third-order valence-corrected chi connectivity index (χ3v) is 3.55. The Balaban J connectivity index is 2.26. The normalized spacial score (nSPS) is 11.0. The number of methoxy groups -OCH3 is 3. The van der Waals surface area contributed by atoms with Crippen LogP contribution >= 0.6 is 0 Å². The molecule has 7 heteroatoms. The van der Waals surface area contributed by atoms with E-state index in [0.29, 0.717) is 34.1 Å². The first-order chi connectivity index (χ1) is 12.0. The summed E-state index contributed by atoms with van der Waals surface area (Å²) in [5.41, 5.74) is 3.75. The second kappa shape index (κ2) is 8.05. The molecule has 2 N–H and O–H groups in total. The minimum Gasteiger partial charge on any atom is -0.507 e. The molecule has 0 aliphatic carbocycles. The van der Waals surface area contributed by atoms with Crippen molar-refractivity contribution in [3.63, 3.8) is 0 Å². The molecule has 0 bridgehead atoms. The molecule has 0 aliphatic heterocycles. The average Bonchev–Trinajstić information content (AvgIpc) is 2.64. The molecule has 0 atom stereocenters. The molecule has 0 saturated carbocycles. The van der Waals surface area contributed by atoms with Crippen molar-refractivity contribution >= 4 is 11.6 Å². The molecule has 0 heterocycles. The van der Waals surface area contributed by atoms with Crippen LogP contribution in [-0.4, -0.2) is 38.1 Å². The zero-order valence-corrected chi connectivity index (χ0v) is 14.5. The number of nitrogens with zero attached hydrogens (tertiary/aromatic N) is 1. The van der Waals surface area contributed by atoms with Crippen molar-refractivity contribution in [2.75, 3.05) is 21.3 Å². The maximum atomic E-state index is 12.4. The van der Waals surface area contributed by atoms with E-state index in [4.69, 9.17) is 14.2 Å². The van der Waals surface area contributed by atoms with E-state index in [0.717, 1.165) is 0 Å². The first-order valence-corrected chi connectivity index (χ1v) is 7.44. The Morgan fingerprint density at radius 2 is 1.64 bits per heavy atom. The van der Waals surface area contributed by atoms with Gasteiger partial charge >= 0.3 is 0 Å². The number of aromatic hydroxyl groups is 1. The second-order valence-electron chi connectivity index (χ2n) is 5.07. The highest BCUT2D eigenvalue weighted by Crippen LogP contribution is 2.38. The number of carbonyl (C=O) groups excluding carboxylic acids is 1. The van der Waals surface area contributed by atoms with Crippen molar-refractivity contribution in [1.82, 2.24) is 5.43 Å². The molecule has 0 spiro atoms. The molecule has 7 nitrogen and oxygen atoms in total. The first kappa shape index (κ1) is 18.1. The van der Waals surface area contributed by atoms with Crippen LogP contribution in [0.4, 0.5) is 0 Å². The number of phenols is 1. The average molecular weight is 344 g/mol. The third-order valence-electron chi connectivity index (χ3n) is 3.55. The first-order valence-electron chi connectivity index (χ1n) is 7.44. The monoisotopic (exact) mass is 344 g/mol. The lowest BCUT2D eigenvalue weighted by Crippen LogP contribution is -2.19. The minimum atomic E-state index is -0.450. The number of amides is 1. The predicted octanol–water partition coefficient (Wildman–Crippen LogP) is 2.57. The van der Waals surface area contributed by atoms with Gasteiger partial charge in [-0.05, 0) is 31.2 Å². The van der Waals surface area contributed by atoms with Crippen LogP contribution in [0.25, 0.3) is 0 Å². The number of hydrogen-bond donors (Lipinski definition) is 2. The minimum absolute atomic E-state index is 0.0887. The Kier molecular flexibility index (Phi) is 5.84. The van der Waals surface area contributed by atoms with Crippen molar-refractivity contribution in [3.8, 4) is 23.0 Å². The number of benzene rings is 2. The van der Waals surface area contributed by atoms with Gasteiger partial charge in [0.25, 0.3) is 5.91 Å². The Bertz CT molecular complexity index is 777. The van der Waals surface area contributed by atoms with Crippen molar-refractivity contribution in [3.05, 3.63) is 47.5 Å². The van der Waals surface area contributed by atoms with Gasteiger partial charge in [-0.25, -0.2) is 5.43 Å². The quantitative estimate of drug-likeness (QED) is 0.621. The lowest BCUT2D eigenvalue weighted by Gasteiger charge is -2.13. The van der Waals surface area contributed by atoms with Gasteiger partial charge in [-0.3, -0.25) is 4.79 Å². The topological polar surface area (TPSA) is 89.4 Å². The fourth-order valence-corrected chi connectivity index (χ4v) is 2.25. The predicted molar refractivity (Wildman–Crippen MR) is 93.9 cm³/mol. The van der Waals surface area contributed by atoms with Crippen LogP contribution in [-0.2, 0) is 0 Å². The van der Waals surface area contributed by atoms with Gasteiger partial charge in [-0.2, -0.15) is 5.10 Å². The van der Waals surface area contributed by atoms with Gasteiger partial charge in [0.1, 0.15) is 5.75 Å². The van der Waals surface area contributed by atoms with Gasteiger partial charge in [-0.15, -0.1) is 0 Å². The van der Waals surface area contributed by atoms with E-state index in [1.54, 1.807) is 31.2 Å². The van der Waals surface area contributed by atoms with Gasteiger partial charge in [0.05, 0.1) is 27.0 Å². The summed E-state index contributed by atoms with van der Waals surface area (Å²) < 4.78 is 15.7. The molecule has 25 heavy (non-hydrogen) atoms. The molecule has 132 valence electrons. The molecule has 0 radical (unpaired) electrons. The number of carbonyl (C=O) groups is 1. The smallest absolute Gasteiger partial charge is 0.271 e. The SMILES string of the molecule is COc1cc(C(=O)N/N=C(/C)c2ccccc2O)cc(OC)c1OC. The van der Waals surface area contributed by atoms with E-state index in [2.05, 4.69) is 10.5 Å². The molecular formula is C18H20N2O5. The van der Waals surface area contributed by atoms with E-state index in [1.807, 2.05) is 0 Å². The number of rotatable bonds is 6. The standard InChI is InChI=1S/C18H20N2O5/c1-11(13-7-5-6-8-14(13)21)19-20-18(22)12-9-15(23-2)17(25-4)16(10-12)24-3/h5-10,21H,1-4H3,(H,20,22)/b19-11-. The van der Waals surface area contributed by atoms with Crippen LogP contribution in [0.15, 0.2) is 41.5 Å². The summed E-state index contributed by atoms with van der Waals surface area (Å²) in [5, 5.41) is 13.8. The molecule has 1 amide bonds. The van der Waals surface area contributed by atoms with Crippen LogP contribution in [0.2, 0.25) is 0 Å². The lowest BCUT2D eigenvalue weighted by atomic mass is 10.1. The summed E-state index contributed by atoms with van der Waals surface area (Å²) in [7, 11) is 4.43. The number of ether oxygens (including phenoxy) is 3. The Morgan fingerprint density at radius 3 is 2.16 bits per heavy atom.